The molecule has 0 radical (unpaired) electrons. The van der Waals surface area contributed by atoms with Gasteiger partial charge in [0.1, 0.15) is 5.75 Å². The average molecular weight is 485 g/mol. The van der Waals surface area contributed by atoms with Crippen LogP contribution in [0.2, 0.25) is 0 Å². The smallest absolute Gasteiger partial charge is 0.180 e. The number of aromatic nitrogens is 3. The van der Waals surface area contributed by atoms with Crippen LogP contribution < -0.4 is 15.0 Å². The number of rotatable bonds is 7. The number of fused-ring (bicyclic) bond motifs is 2. The number of imidazole rings is 1. The van der Waals surface area contributed by atoms with E-state index in [1.165, 1.54) is 0 Å². The van der Waals surface area contributed by atoms with Crippen LogP contribution in [0.1, 0.15) is 17.5 Å². The molecular formula is C27H28N6O3. The Labute approximate surface area is 209 Å². The third-order valence-corrected chi connectivity index (χ3v) is 6.67. The minimum absolute atomic E-state index is 0.103. The van der Waals surface area contributed by atoms with Crippen LogP contribution in [0.15, 0.2) is 60.0 Å². The van der Waals surface area contributed by atoms with Crippen molar-refractivity contribution in [2.24, 2.45) is 4.99 Å². The van der Waals surface area contributed by atoms with Gasteiger partial charge in [0.15, 0.2) is 11.5 Å². The topological polar surface area (TPSA) is 96.5 Å². The Hall–Kier alpha value is -3.95. The molecule has 36 heavy (non-hydrogen) atoms. The number of morpholine rings is 1. The Morgan fingerprint density at radius 1 is 1.14 bits per heavy atom. The molecule has 0 saturated carbocycles. The summed E-state index contributed by atoms with van der Waals surface area (Å²) in [5, 5.41) is 12.8. The number of hydrogen-bond donors (Lipinski definition) is 2. The lowest BCUT2D eigenvalue weighted by Gasteiger charge is -2.30. The number of methoxy groups -OCH3 is 1. The van der Waals surface area contributed by atoms with Gasteiger partial charge in [0.2, 0.25) is 0 Å². The van der Waals surface area contributed by atoms with Crippen LogP contribution in [0, 0.1) is 0 Å². The molecule has 0 spiro atoms. The van der Waals surface area contributed by atoms with E-state index in [9.17, 15) is 5.11 Å². The standard InChI is InChI=1S/C27H28N6O3/c1-35-25-15-20(3-5-24(25)32-9-12-36-13-10-32)30-26-27-28-7-8-33(27)17-23(31-26)18-2-4-21-19(14-18)16-29-22(21)6-11-34/h2-5,7-8,14-15,17,34H,6,9-13,16H2,1H3,(H,30,31). The largest absolute Gasteiger partial charge is 0.495 e. The van der Waals surface area contributed by atoms with E-state index in [4.69, 9.17) is 14.5 Å². The average Bonchev–Trinajstić information content (AvgIpc) is 3.56. The van der Waals surface area contributed by atoms with E-state index in [-0.39, 0.29) is 6.61 Å². The summed E-state index contributed by atoms with van der Waals surface area (Å²) in [4.78, 5) is 16.3. The fraction of sp³-hybridized carbons (Fsp3) is 0.296. The van der Waals surface area contributed by atoms with Crippen molar-refractivity contribution in [3.8, 4) is 17.0 Å². The second-order valence-electron chi connectivity index (χ2n) is 8.85. The van der Waals surface area contributed by atoms with Crippen molar-refractivity contribution < 1.29 is 14.6 Å². The van der Waals surface area contributed by atoms with E-state index in [0.29, 0.717) is 18.8 Å². The number of benzene rings is 2. The molecule has 6 rings (SSSR count). The Morgan fingerprint density at radius 3 is 2.86 bits per heavy atom. The van der Waals surface area contributed by atoms with Crippen molar-refractivity contribution >= 4 is 28.6 Å². The minimum Gasteiger partial charge on any atom is -0.495 e. The van der Waals surface area contributed by atoms with Crippen molar-refractivity contribution in [2.45, 2.75) is 13.0 Å². The monoisotopic (exact) mass is 484 g/mol. The van der Waals surface area contributed by atoms with Gasteiger partial charge in [0.05, 0.1) is 38.2 Å². The van der Waals surface area contributed by atoms with Crippen molar-refractivity contribution in [1.29, 1.82) is 0 Å². The lowest BCUT2D eigenvalue weighted by Crippen LogP contribution is -2.36. The number of aliphatic imine (C=N–C) groups is 1. The highest BCUT2D eigenvalue weighted by Crippen LogP contribution is 2.34. The van der Waals surface area contributed by atoms with Crippen LogP contribution in [0.25, 0.3) is 16.9 Å². The maximum absolute atomic E-state index is 9.31. The number of nitrogens with one attached hydrogen (secondary N) is 1. The van der Waals surface area contributed by atoms with Crippen LogP contribution >= 0.6 is 0 Å². The maximum Gasteiger partial charge on any atom is 0.180 e. The lowest BCUT2D eigenvalue weighted by atomic mass is 10.00. The SMILES string of the molecule is COc1cc(Nc2nc(-c3ccc4c(c3)CN=C4CCO)cn3ccnc23)ccc1N1CCOCC1. The quantitative estimate of drug-likeness (QED) is 0.413. The molecule has 0 aliphatic carbocycles. The van der Waals surface area contributed by atoms with Gasteiger partial charge in [-0.3, -0.25) is 4.99 Å². The summed E-state index contributed by atoms with van der Waals surface area (Å²) in [6.45, 7) is 3.85. The molecule has 0 amide bonds. The first-order chi connectivity index (χ1) is 17.7. The number of aliphatic hydroxyl groups is 1. The van der Waals surface area contributed by atoms with E-state index in [1.54, 1.807) is 13.3 Å². The summed E-state index contributed by atoms with van der Waals surface area (Å²) in [6.07, 6.45) is 6.25. The highest BCUT2D eigenvalue weighted by Gasteiger charge is 2.19. The zero-order chi connectivity index (χ0) is 24.5. The predicted molar refractivity (Wildman–Crippen MR) is 140 cm³/mol. The normalized spacial score (nSPS) is 15.2. The highest BCUT2D eigenvalue weighted by molar-refractivity contribution is 6.04. The van der Waals surface area contributed by atoms with Gasteiger partial charge in [-0.2, -0.15) is 0 Å². The van der Waals surface area contributed by atoms with Gasteiger partial charge in [0, 0.05) is 73.3 Å². The lowest BCUT2D eigenvalue weighted by molar-refractivity contribution is 0.122. The van der Waals surface area contributed by atoms with Gasteiger partial charge in [-0.05, 0) is 23.8 Å². The summed E-state index contributed by atoms with van der Waals surface area (Å²) < 4.78 is 13.2. The van der Waals surface area contributed by atoms with Crippen molar-refractivity contribution in [1.82, 2.24) is 14.4 Å². The van der Waals surface area contributed by atoms with Crippen molar-refractivity contribution in [3.63, 3.8) is 0 Å². The van der Waals surface area contributed by atoms with Gasteiger partial charge >= 0.3 is 0 Å². The molecule has 0 atom stereocenters. The van der Waals surface area contributed by atoms with Gasteiger partial charge in [-0.25, -0.2) is 9.97 Å². The second kappa shape index (κ2) is 9.60. The Bertz CT molecular complexity index is 1440. The predicted octanol–water partition coefficient (Wildman–Crippen LogP) is 3.67. The molecule has 0 bridgehead atoms. The fourth-order valence-electron chi connectivity index (χ4n) is 4.86. The molecule has 0 unspecified atom stereocenters. The number of anilines is 3. The number of aliphatic hydroxyl groups excluding tert-OH is 1. The summed E-state index contributed by atoms with van der Waals surface area (Å²) in [7, 11) is 1.69. The molecule has 1 fully saturated rings. The van der Waals surface area contributed by atoms with E-state index in [2.05, 4.69) is 44.5 Å². The molecule has 2 aromatic heterocycles. The summed E-state index contributed by atoms with van der Waals surface area (Å²) >= 11 is 0. The summed E-state index contributed by atoms with van der Waals surface area (Å²) in [5.41, 5.74) is 7.74. The van der Waals surface area contributed by atoms with Crippen LogP contribution in [0.5, 0.6) is 5.75 Å². The second-order valence-corrected chi connectivity index (χ2v) is 8.85. The van der Waals surface area contributed by atoms with Gasteiger partial charge < -0.3 is 29.2 Å². The zero-order valence-electron chi connectivity index (χ0n) is 20.1. The van der Waals surface area contributed by atoms with E-state index >= 15 is 0 Å². The third kappa shape index (κ3) is 4.16. The van der Waals surface area contributed by atoms with E-state index < -0.39 is 0 Å². The van der Waals surface area contributed by atoms with Gasteiger partial charge in [-0.1, -0.05) is 12.1 Å². The summed E-state index contributed by atoms with van der Waals surface area (Å²) in [5.74, 6) is 1.46. The molecule has 9 nitrogen and oxygen atoms in total. The summed E-state index contributed by atoms with van der Waals surface area (Å²) in [6, 6.07) is 12.4. The molecule has 9 heteroatoms. The molecule has 2 aliphatic rings. The number of nitrogens with zero attached hydrogens (tertiary/aromatic N) is 5. The molecule has 2 aliphatic heterocycles. The molecule has 184 valence electrons. The van der Waals surface area contributed by atoms with Crippen LogP contribution in [-0.4, -0.2) is 65.2 Å². The molecule has 2 N–H and O–H groups in total. The van der Waals surface area contributed by atoms with Crippen molar-refractivity contribution in [3.05, 3.63) is 66.1 Å². The number of ether oxygens (including phenoxy) is 2. The first kappa shape index (κ1) is 22.5. The third-order valence-electron chi connectivity index (χ3n) is 6.67. The van der Waals surface area contributed by atoms with Gasteiger partial charge in [-0.15, -0.1) is 0 Å². The van der Waals surface area contributed by atoms with E-state index in [1.807, 2.05) is 28.9 Å². The molecule has 2 aromatic carbocycles. The molecule has 4 aromatic rings. The Balaban J connectivity index is 1.32. The van der Waals surface area contributed by atoms with Crippen LogP contribution in [-0.2, 0) is 11.3 Å². The van der Waals surface area contributed by atoms with Crippen LogP contribution in [0.4, 0.5) is 17.2 Å². The van der Waals surface area contributed by atoms with Gasteiger partial charge in [0.25, 0.3) is 0 Å². The first-order valence-corrected chi connectivity index (χ1v) is 12.1. The first-order valence-electron chi connectivity index (χ1n) is 12.1. The van der Waals surface area contributed by atoms with Crippen molar-refractivity contribution in [2.75, 3.05) is 50.2 Å². The zero-order valence-corrected chi connectivity index (χ0v) is 20.1. The molecule has 1 saturated heterocycles. The Morgan fingerprint density at radius 2 is 2.03 bits per heavy atom. The Kier molecular flexibility index (Phi) is 6.00. The van der Waals surface area contributed by atoms with Crippen LogP contribution in [0.3, 0.4) is 0 Å². The number of hydrogen-bond acceptors (Lipinski definition) is 8. The minimum atomic E-state index is 0.103. The fourth-order valence-corrected chi connectivity index (χ4v) is 4.86. The highest BCUT2D eigenvalue weighted by atomic mass is 16.5. The molecule has 4 heterocycles. The molecular weight excluding hydrogens is 456 g/mol. The van der Waals surface area contributed by atoms with E-state index in [0.717, 1.165) is 77.2 Å². The maximum atomic E-state index is 9.31.